The van der Waals surface area contributed by atoms with E-state index >= 15 is 0 Å². The van der Waals surface area contributed by atoms with Crippen molar-refractivity contribution in [1.29, 1.82) is 0 Å². The number of esters is 4. The Morgan fingerprint density at radius 3 is 2.17 bits per heavy atom. The van der Waals surface area contributed by atoms with Crippen molar-refractivity contribution >= 4 is 23.9 Å². The second kappa shape index (κ2) is 12.4. The van der Waals surface area contributed by atoms with Gasteiger partial charge in [-0.15, -0.1) is 0 Å². The summed E-state index contributed by atoms with van der Waals surface area (Å²) in [7, 11) is 0. The summed E-state index contributed by atoms with van der Waals surface area (Å²) >= 11 is 0. The minimum absolute atomic E-state index is 0.0786. The van der Waals surface area contributed by atoms with Crippen LogP contribution in [0.5, 0.6) is 0 Å². The van der Waals surface area contributed by atoms with Gasteiger partial charge in [-0.1, -0.05) is 44.2 Å². The van der Waals surface area contributed by atoms with Crippen molar-refractivity contribution in [3.63, 3.8) is 0 Å². The van der Waals surface area contributed by atoms with Crippen LogP contribution in [0.4, 0.5) is 0 Å². The molecule has 1 N–H and O–H groups in total. The van der Waals surface area contributed by atoms with Gasteiger partial charge in [-0.2, -0.15) is 0 Å². The van der Waals surface area contributed by atoms with Crippen LogP contribution in [0.1, 0.15) is 73.3 Å². The molecule has 1 aromatic carbocycles. The van der Waals surface area contributed by atoms with Gasteiger partial charge >= 0.3 is 23.9 Å². The second-order valence-corrected chi connectivity index (χ2v) is 14.4. The summed E-state index contributed by atoms with van der Waals surface area (Å²) in [5.41, 5.74) is -2.00. The van der Waals surface area contributed by atoms with Crippen molar-refractivity contribution in [3.05, 3.63) is 47.5 Å². The van der Waals surface area contributed by atoms with Crippen LogP contribution in [0, 0.1) is 34.0 Å². The summed E-state index contributed by atoms with van der Waals surface area (Å²) in [5.74, 6) is -3.12. The van der Waals surface area contributed by atoms with E-state index in [1.165, 1.54) is 27.7 Å². The molecule has 10 heteroatoms. The maximum absolute atomic E-state index is 13.0. The Labute approximate surface area is 271 Å². The lowest BCUT2D eigenvalue weighted by atomic mass is 9.36. The molecule has 2 saturated carbocycles. The Hall–Kier alpha value is -3.24. The van der Waals surface area contributed by atoms with E-state index in [1.54, 1.807) is 0 Å². The molecule has 1 saturated heterocycles. The quantitative estimate of drug-likeness (QED) is 0.248. The van der Waals surface area contributed by atoms with Crippen LogP contribution in [-0.4, -0.2) is 72.7 Å². The maximum atomic E-state index is 13.0. The number of hydrogen-bond acceptors (Lipinski definition) is 10. The number of carbonyl (C=O) groups excluding carboxylic acids is 4. The fraction of sp³-hybridized carbons (Fsp3) is 0.667. The van der Waals surface area contributed by atoms with Crippen molar-refractivity contribution < 1.29 is 48.0 Å². The average molecular weight is 641 g/mol. The third-order valence-electron chi connectivity index (χ3n) is 11.8. The third kappa shape index (κ3) is 5.55. The molecule has 3 aliphatic carbocycles. The number of ether oxygens (including phenoxy) is 5. The summed E-state index contributed by atoms with van der Waals surface area (Å²) in [6.45, 7) is 12.1. The molecule has 1 aromatic rings. The molecule has 1 heterocycles. The van der Waals surface area contributed by atoms with Crippen molar-refractivity contribution in [2.24, 2.45) is 34.0 Å². The fourth-order valence-corrected chi connectivity index (χ4v) is 10.2. The van der Waals surface area contributed by atoms with Gasteiger partial charge in [0.25, 0.3) is 0 Å². The predicted molar refractivity (Wildman–Crippen MR) is 166 cm³/mol. The van der Waals surface area contributed by atoms with E-state index in [2.05, 4.69) is 6.92 Å². The molecular weight excluding hydrogens is 592 g/mol. The Morgan fingerprint density at radius 1 is 0.913 bits per heavy atom. The number of rotatable bonds is 8. The summed E-state index contributed by atoms with van der Waals surface area (Å²) < 4.78 is 30.1. The van der Waals surface area contributed by atoms with E-state index in [9.17, 15) is 24.3 Å². The molecule has 4 aliphatic rings. The molecule has 0 aromatic heterocycles. The highest BCUT2D eigenvalue weighted by Crippen LogP contribution is 2.72. The Kier molecular flexibility index (Phi) is 9.20. The van der Waals surface area contributed by atoms with Gasteiger partial charge in [-0.3, -0.25) is 19.2 Å². The molecule has 46 heavy (non-hydrogen) atoms. The van der Waals surface area contributed by atoms with E-state index in [0.717, 1.165) is 5.56 Å². The molecule has 0 amide bonds. The van der Waals surface area contributed by atoms with Crippen LogP contribution in [-0.2, 0) is 49.3 Å². The van der Waals surface area contributed by atoms with E-state index in [4.69, 9.17) is 23.7 Å². The van der Waals surface area contributed by atoms with Gasteiger partial charge in [0.15, 0.2) is 0 Å². The number of aliphatic hydroxyl groups is 1. The molecule has 10 nitrogen and oxygen atoms in total. The molecule has 0 radical (unpaired) electrons. The average Bonchev–Trinajstić information content (AvgIpc) is 3.40. The highest BCUT2D eigenvalue weighted by Gasteiger charge is 2.76. The van der Waals surface area contributed by atoms with Gasteiger partial charge in [-0.25, -0.2) is 0 Å². The highest BCUT2D eigenvalue weighted by atomic mass is 16.6. The molecular formula is C36H48O10. The van der Waals surface area contributed by atoms with E-state index in [0.29, 0.717) is 37.9 Å². The lowest BCUT2D eigenvalue weighted by molar-refractivity contribution is -0.286. The third-order valence-corrected chi connectivity index (χ3v) is 11.8. The van der Waals surface area contributed by atoms with Gasteiger partial charge < -0.3 is 28.8 Å². The Balaban J connectivity index is 1.73. The van der Waals surface area contributed by atoms with Crippen LogP contribution in [0.3, 0.4) is 0 Å². The molecule has 3 fully saturated rings. The summed E-state index contributed by atoms with van der Waals surface area (Å²) in [5, 5.41) is 12.8. The number of hydrogen-bond donors (Lipinski definition) is 1. The van der Waals surface area contributed by atoms with Crippen LogP contribution >= 0.6 is 0 Å². The van der Waals surface area contributed by atoms with Crippen molar-refractivity contribution in [2.75, 3.05) is 19.8 Å². The predicted octanol–water partition coefficient (Wildman–Crippen LogP) is 4.35. The largest absolute Gasteiger partial charge is 0.466 e. The second-order valence-electron chi connectivity index (χ2n) is 14.4. The maximum Gasteiger partial charge on any atom is 0.303 e. The minimum atomic E-state index is -1.30. The van der Waals surface area contributed by atoms with Crippen LogP contribution in [0.25, 0.3) is 0 Å². The first kappa shape index (κ1) is 34.1. The van der Waals surface area contributed by atoms with Gasteiger partial charge in [0.2, 0.25) is 0 Å². The van der Waals surface area contributed by atoms with Gasteiger partial charge in [0.1, 0.15) is 18.3 Å². The molecule has 1 unspecified atom stereocenters. The smallest absolute Gasteiger partial charge is 0.303 e. The van der Waals surface area contributed by atoms with Gasteiger partial charge in [0, 0.05) is 56.8 Å². The zero-order valence-corrected chi connectivity index (χ0v) is 28.0. The van der Waals surface area contributed by atoms with Crippen molar-refractivity contribution in [3.8, 4) is 0 Å². The van der Waals surface area contributed by atoms with Crippen molar-refractivity contribution in [2.45, 2.75) is 98.1 Å². The number of carbonyl (C=O) groups is 4. The molecule has 1 aliphatic heterocycles. The van der Waals surface area contributed by atoms with E-state index in [-0.39, 0.29) is 19.1 Å². The van der Waals surface area contributed by atoms with E-state index in [1.807, 2.05) is 50.3 Å². The molecule has 5 rings (SSSR count). The molecule has 0 bridgehead atoms. The first-order valence-corrected chi connectivity index (χ1v) is 16.3. The summed E-state index contributed by atoms with van der Waals surface area (Å²) in [4.78, 5) is 50.2. The van der Waals surface area contributed by atoms with Crippen LogP contribution in [0.2, 0.25) is 0 Å². The monoisotopic (exact) mass is 640 g/mol. The number of fused-ring (bicyclic) bond motifs is 5. The topological polar surface area (TPSA) is 135 Å². The zero-order valence-electron chi connectivity index (χ0n) is 28.0. The fourth-order valence-electron chi connectivity index (χ4n) is 10.2. The van der Waals surface area contributed by atoms with Gasteiger partial charge in [0.05, 0.1) is 25.4 Å². The number of benzene rings is 1. The lowest BCUT2D eigenvalue weighted by Gasteiger charge is -2.70. The SMILES string of the molecule is CC(=O)OCC[C@]12COC[C@H]1[C@]1(C)CC[C@@H]3[C@@](C)(C1[C@H](OC(C)=O)[C@@H]2OC(C)=O)[C@H](OC(C)=O)C=C(C)[C@]3(O)Cc1ccccc1. The van der Waals surface area contributed by atoms with Crippen LogP contribution < -0.4 is 0 Å². The summed E-state index contributed by atoms with van der Waals surface area (Å²) in [6, 6.07) is 9.79. The van der Waals surface area contributed by atoms with Gasteiger partial charge in [-0.05, 0) is 54.7 Å². The Morgan fingerprint density at radius 2 is 1.57 bits per heavy atom. The standard InChI is InChI=1S/C36H48O10/c1-21-17-29(44-23(3)38)34(7)27(36(21,41)18-26-11-9-8-10-12-26)13-14-33(6)28-19-42-20-35(28,15-16-43-22(2)37)32(46-25(5)40)30(31(33)34)45-24(4)39/h8-12,17,27-32,41H,13-16,18-20H2,1-7H3/t27-,28+,29-,30+,31?,32+,33+,34-,35+,36-/m1/s1. The van der Waals surface area contributed by atoms with Crippen molar-refractivity contribution in [1.82, 2.24) is 0 Å². The highest BCUT2D eigenvalue weighted by molar-refractivity contribution is 5.68. The minimum Gasteiger partial charge on any atom is -0.466 e. The van der Waals surface area contributed by atoms with Crippen LogP contribution in [0.15, 0.2) is 42.0 Å². The molecule has 0 spiro atoms. The zero-order chi connectivity index (χ0) is 33.7. The summed E-state index contributed by atoms with van der Waals surface area (Å²) in [6.07, 6.45) is 1.09. The molecule has 10 atom stereocenters. The Bertz CT molecular complexity index is 1390. The normalized spacial score (nSPS) is 39.5. The molecule has 252 valence electrons. The van der Waals surface area contributed by atoms with E-state index < -0.39 is 75.9 Å². The lowest BCUT2D eigenvalue weighted by Crippen LogP contribution is -2.74. The first-order valence-electron chi connectivity index (χ1n) is 16.3. The first-order chi connectivity index (χ1) is 21.6.